The second kappa shape index (κ2) is 7.89. The first-order valence-electron chi connectivity index (χ1n) is 10.6. The molecule has 2 aliphatic rings. The van der Waals surface area contributed by atoms with Gasteiger partial charge < -0.3 is 9.80 Å². The SMILES string of the molecule is Cc1nccn1-c1ccc(N2CCCC(C(=O)N3CCc4ccccc4C3)C2)nn1. The largest absolute Gasteiger partial charge is 0.354 e. The average molecular weight is 403 g/mol. The van der Waals surface area contributed by atoms with Gasteiger partial charge in [-0.1, -0.05) is 24.3 Å². The van der Waals surface area contributed by atoms with Gasteiger partial charge in [0.25, 0.3) is 0 Å². The van der Waals surface area contributed by atoms with Crippen LogP contribution in [0.3, 0.4) is 0 Å². The summed E-state index contributed by atoms with van der Waals surface area (Å²) < 4.78 is 1.91. The zero-order valence-corrected chi connectivity index (χ0v) is 17.2. The molecule has 0 radical (unpaired) electrons. The molecule has 1 aromatic carbocycles. The lowest BCUT2D eigenvalue weighted by atomic mass is 9.94. The normalized spacial score (nSPS) is 18.9. The molecule has 7 heteroatoms. The summed E-state index contributed by atoms with van der Waals surface area (Å²) in [7, 11) is 0. The molecular weight excluding hydrogens is 376 g/mol. The van der Waals surface area contributed by atoms with Crippen molar-refractivity contribution in [3.05, 3.63) is 65.7 Å². The predicted octanol–water partition coefficient (Wildman–Crippen LogP) is 2.77. The van der Waals surface area contributed by atoms with Crippen LogP contribution >= 0.6 is 0 Å². The van der Waals surface area contributed by atoms with Crippen molar-refractivity contribution in [1.29, 1.82) is 0 Å². The molecule has 1 fully saturated rings. The second-order valence-electron chi connectivity index (χ2n) is 8.16. The Morgan fingerprint density at radius 3 is 2.60 bits per heavy atom. The minimum Gasteiger partial charge on any atom is -0.354 e. The minimum atomic E-state index is 0.0152. The van der Waals surface area contributed by atoms with Crippen molar-refractivity contribution < 1.29 is 4.79 Å². The van der Waals surface area contributed by atoms with Gasteiger partial charge in [0.15, 0.2) is 11.6 Å². The van der Waals surface area contributed by atoms with Crippen LogP contribution in [0.25, 0.3) is 5.82 Å². The van der Waals surface area contributed by atoms with Crippen molar-refractivity contribution in [2.24, 2.45) is 5.92 Å². The molecule has 2 aromatic heterocycles. The third kappa shape index (κ3) is 3.56. The third-order valence-corrected chi connectivity index (χ3v) is 6.25. The zero-order chi connectivity index (χ0) is 20.5. The van der Waals surface area contributed by atoms with Gasteiger partial charge in [-0.25, -0.2) is 4.98 Å². The molecule has 7 nitrogen and oxygen atoms in total. The van der Waals surface area contributed by atoms with Gasteiger partial charge in [0, 0.05) is 38.6 Å². The Morgan fingerprint density at radius 2 is 1.83 bits per heavy atom. The molecule has 5 rings (SSSR count). The van der Waals surface area contributed by atoms with Gasteiger partial charge in [-0.2, -0.15) is 0 Å². The highest BCUT2D eigenvalue weighted by molar-refractivity contribution is 5.80. The summed E-state index contributed by atoms with van der Waals surface area (Å²) in [6.45, 7) is 5.09. The fourth-order valence-electron chi connectivity index (χ4n) is 4.56. The first-order chi connectivity index (χ1) is 14.7. The van der Waals surface area contributed by atoms with Crippen LogP contribution in [0.4, 0.5) is 5.82 Å². The van der Waals surface area contributed by atoms with E-state index in [0.29, 0.717) is 6.54 Å². The topological polar surface area (TPSA) is 67.2 Å². The second-order valence-corrected chi connectivity index (χ2v) is 8.16. The van der Waals surface area contributed by atoms with Crippen molar-refractivity contribution >= 4 is 11.7 Å². The van der Waals surface area contributed by atoms with E-state index >= 15 is 0 Å². The highest BCUT2D eigenvalue weighted by Gasteiger charge is 2.31. The van der Waals surface area contributed by atoms with Crippen LogP contribution in [0, 0.1) is 12.8 Å². The maximum Gasteiger partial charge on any atom is 0.227 e. The van der Waals surface area contributed by atoms with Crippen LogP contribution in [0.2, 0.25) is 0 Å². The molecule has 30 heavy (non-hydrogen) atoms. The molecule has 0 saturated carbocycles. The van der Waals surface area contributed by atoms with E-state index in [0.717, 1.165) is 56.4 Å². The van der Waals surface area contributed by atoms with Gasteiger partial charge in [-0.15, -0.1) is 10.2 Å². The molecule has 0 bridgehead atoms. The number of anilines is 1. The Balaban J connectivity index is 1.27. The molecule has 0 aliphatic carbocycles. The van der Waals surface area contributed by atoms with E-state index in [9.17, 15) is 4.79 Å². The zero-order valence-electron chi connectivity index (χ0n) is 17.2. The Bertz CT molecular complexity index is 1040. The van der Waals surface area contributed by atoms with Crippen LogP contribution in [0.1, 0.15) is 29.8 Å². The van der Waals surface area contributed by atoms with Gasteiger partial charge in [0.05, 0.1) is 5.92 Å². The number of aromatic nitrogens is 4. The first kappa shape index (κ1) is 18.8. The summed E-state index contributed by atoms with van der Waals surface area (Å²) >= 11 is 0. The monoisotopic (exact) mass is 402 g/mol. The molecule has 0 N–H and O–H groups in total. The van der Waals surface area contributed by atoms with Crippen LogP contribution in [0.5, 0.6) is 0 Å². The molecule has 1 amide bonds. The summed E-state index contributed by atoms with van der Waals surface area (Å²) in [6.07, 6.45) is 6.51. The summed E-state index contributed by atoms with van der Waals surface area (Å²) in [6, 6.07) is 12.4. The summed E-state index contributed by atoms with van der Waals surface area (Å²) in [5, 5.41) is 8.82. The Kier molecular flexibility index (Phi) is 4.94. The molecule has 154 valence electrons. The highest BCUT2D eigenvalue weighted by Crippen LogP contribution is 2.26. The Morgan fingerprint density at radius 1 is 1.03 bits per heavy atom. The minimum absolute atomic E-state index is 0.0152. The lowest BCUT2D eigenvalue weighted by molar-refractivity contribution is -0.136. The fourth-order valence-corrected chi connectivity index (χ4v) is 4.56. The van der Waals surface area contributed by atoms with E-state index < -0.39 is 0 Å². The highest BCUT2D eigenvalue weighted by atomic mass is 16.2. The smallest absolute Gasteiger partial charge is 0.227 e. The van der Waals surface area contributed by atoms with E-state index in [1.807, 2.05) is 34.7 Å². The van der Waals surface area contributed by atoms with Crippen molar-refractivity contribution in [3.8, 4) is 5.82 Å². The van der Waals surface area contributed by atoms with Gasteiger partial charge in [-0.05, 0) is 49.4 Å². The number of hydrogen-bond acceptors (Lipinski definition) is 5. The summed E-state index contributed by atoms with van der Waals surface area (Å²) in [5.74, 6) is 2.75. The van der Waals surface area contributed by atoms with E-state index in [1.54, 1.807) is 6.20 Å². The van der Waals surface area contributed by atoms with Crippen molar-refractivity contribution in [2.45, 2.75) is 32.7 Å². The number of hydrogen-bond donors (Lipinski definition) is 0. The number of fused-ring (bicyclic) bond motifs is 1. The van der Waals surface area contributed by atoms with Crippen molar-refractivity contribution in [1.82, 2.24) is 24.6 Å². The average Bonchev–Trinajstić information content (AvgIpc) is 3.24. The van der Waals surface area contributed by atoms with Crippen LogP contribution in [-0.4, -0.2) is 50.2 Å². The Hall–Kier alpha value is -3.22. The van der Waals surface area contributed by atoms with Gasteiger partial charge >= 0.3 is 0 Å². The number of carbonyl (C=O) groups excluding carboxylic acids is 1. The van der Waals surface area contributed by atoms with Crippen LogP contribution < -0.4 is 4.90 Å². The van der Waals surface area contributed by atoms with E-state index in [-0.39, 0.29) is 11.8 Å². The lowest BCUT2D eigenvalue weighted by Crippen LogP contribution is -2.46. The van der Waals surface area contributed by atoms with Gasteiger partial charge in [0.2, 0.25) is 5.91 Å². The first-order valence-corrected chi connectivity index (χ1v) is 10.6. The van der Waals surface area contributed by atoms with Gasteiger partial charge in [0.1, 0.15) is 5.82 Å². The molecule has 1 unspecified atom stereocenters. The van der Waals surface area contributed by atoms with E-state index in [4.69, 9.17) is 0 Å². The molecule has 2 aliphatic heterocycles. The molecular formula is C23H26N6O. The van der Waals surface area contributed by atoms with Crippen LogP contribution in [-0.2, 0) is 17.8 Å². The quantitative estimate of drug-likeness (QED) is 0.674. The number of imidazole rings is 1. The Labute approximate surface area is 176 Å². The fraction of sp³-hybridized carbons (Fsp3) is 0.391. The lowest BCUT2D eigenvalue weighted by Gasteiger charge is -2.37. The number of amides is 1. The maximum absolute atomic E-state index is 13.2. The van der Waals surface area contributed by atoms with Crippen LogP contribution in [0.15, 0.2) is 48.8 Å². The maximum atomic E-state index is 13.2. The third-order valence-electron chi connectivity index (χ3n) is 6.25. The summed E-state index contributed by atoms with van der Waals surface area (Å²) in [5.41, 5.74) is 2.65. The molecule has 4 heterocycles. The van der Waals surface area contributed by atoms with E-state index in [2.05, 4.69) is 44.3 Å². The number of aryl methyl sites for hydroxylation is 1. The number of piperidine rings is 1. The number of benzene rings is 1. The van der Waals surface area contributed by atoms with Crippen molar-refractivity contribution in [3.63, 3.8) is 0 Å². The predicted molar refractivity (Wildman–Crippen MR) is 114 cm³/mol. The number of nitrogens with zero attached hydrogens (tertiary/aromatic N) is 6. The molecule has 1 saturated heterocycles. The summed E-state index contributed by atoms with van der Waals surface area (Å²) in [4.78, 5) is 21.7. The molecule has 1 atom stereocenters. The number of carbonyl (C=O) groups is 1. The number of rotatable bonds is 3. The standard InChI is InChI=1S/C23H26N6O/c1-17-24-11-14-29(17)22-9-8-21(25-26-22)27-12-4-7-20(16-27)23(30)28-13-10-18-5-2-3-6-19(18)15-28/h2-3,5-6,8-9,11,14,20H,4,7,10,12-13,15-16H2,1H3. The molecule has 0 spiro atoms. The van der Waals surface area contributed by atoms with E-state index in [1.165, 1.54) is 11.1 Å². The molecule has 3 aromatic rings. The van der Waals surface area contributed by atoms with Gasteiger partial charge in [-0.3, -0.25) is 9.36 Å². The van der Waals surface area contributed by atoms with Crippen molar-refractivity contribution in [2.75, 3.05) is 24.5 Å².